The summed E-state index contributed by atoms with van der Waals surface area (Å²) in [6.45, 7) is 16.0. The first-order chi connectivity index (χ1) is 30.5. The molecule has 13 heteroatoms. The number of halogens is 1. The monoisotopic (exact) mass is 925 g/mol. The zero-order chi connectivity index (χ0) is 45.9. The first-order valence-electron chi connectivity index (χ1n) is 22.4. The zero-order valence-electron chi connectivity index (χ0n) is 37.7. The molecule has 342 valence electrons. The van der Waals surface area contributed by atoms with Gasteiger partial charge in [-0.2, -0.15) is 12.7 Å². The fraction of sp³-hybridized carbons (Fsp3) is 0.431. The summed E-state index contributed by atoms with van der Waals surface area (Å²) in [4.78, 5) is 16.1. The minimum absolute atomic E-state index is 0.0280. The van der Waals surface area contributed by atoms with Crippen molar-refractivity contribution in [2.75, 3.05) is 44.8 Å². The number of hydrogen-bond donors (Lipinski definition) is 2. The summed E-state index contributed by atoms with van der Waals surface area (Å²) in [5.41, 5.74) is 0.485. The number of anilines is 1. The lowest BCUT2D eigenvalue weighted by molar-refractivity contribution is -0.164. The number of ether oxygens (including phenoxy) is 2. The largest absolute Gasteiger partial charge is 0.490 e. The first-order valence-corrected chi connectivity index (χ1v) is 26.2. The lowest BCUT2D eigenvalue weighted by Crippen LogP contribution is -2.68. The molecular formula is C51H64ClN3O7SSi. The van der Waals surface area contributed by atoms with Gasteiger partial charge in [0.1, 0.15) is 5.75 Å². The van der Waals surface area contributed by atoms with E-state index in [9.17, 15) is 18.3 Å². The number of aryl methyl sites for hydroxylation is 1. The Morgan fingerprint density at radius 3 is 2.31 bits per heavy atom. The lowest BCUT2D eigenvalue weighted by atomic mass is 9.68. The van der Waals surface area contributed by atoms with E-state index in [0.29, 0.717) is 49.0 Å². The molecule has 4 aromatic rings. The first kappa shape index (κ1) is 47.7. The second kappa shape index (κ2) is 19.3. The molecule has 3 aliphatic rings. The van der Waals surface area contributed by atoms with Crippen molar-refractivity contribution in [3.63, 3.8) is 0 Å². The van der Waals surface area contributed by atoms with Gasteiger partial charge < -0.3 is 23.9 Å². The number of unbranched alkanes of at least 4 members (excludes halogenated alkanes) is 1. The topological polar surface area (TPSA) is 132 Å². The molecule has 3 N–H and O–H groups in total. The van der Waals surface area contributed by atoms with Crippen molar-refractivity contribution in [3.8, 4) is 5.75 Å². The number of fused-ring (bicyclic) bond motifs is 3. The standard InChI is InChI=1S/C51H64ClN3O7SSi/c1-7-9-16-30-55(63(53,58)59)35-51(57,48(56)60-6)39-24-28-47-45(32-39)54(34-50(36-61-47)29-17-18-37-31-40(52)25-27-44(37)50)33-38-23-26-43(38)46(8-2)62-64(49(3,4)5,41-19-12-10-13-20-41)42-21-14-11-15-22-42/h7-8,10-15,19-22,24-25,27-28,31-32,38,43,46,57H,1-2,9,16-18,23,26,29-30,33-36H2,3-6H3,(H2,53,58,59)/t38-,43+,46-,50-,51-/m0/s1. The number of carbonyl (C=O) groups excluding carboxylic acids is 1. The summed E-state index contributed by atoms with van der Waals surface area (Å²) >= 11 is 6.57. The van der Waals surface area contributed by atoms with Gasteiger partial charge in [0.25, 0.3) is 18.5 Å². The molecule has 1 fully saturated rings. The summed E-state index contributed by atoms with van der Waals surface area (Å²) in [6.07, 6.45) is 9.02. The Morgan fingerprint density at radius 1 is 1.05 bits per heavy atom. The molecular weight excluding hydrogens is 862 g/mol. The third-order valence-electron chi connectivity index (χ3n) is 13.9. The van der Waals surface area contributed by atoms with Gasteiger partial charge in [0, 0.05) is 30.1 Å². The summed E-state index contributed by atoms with van der Waals surface area (Å²) in [5.74, 6) is -0.0747. The molecule has 0 radical (unpaired) electrons. The van der Waals surface area contributed by atoms with Gasteiger partial charge in [0.2, 0.25) is 5.60 Å². The van der Waals surface area contributed by atoms with E-state index in [4.69, 9.17) is 30.6 Å². The molecule has 7 rings (SSSR count). The molecule has 1 heterocycles. The van der Waals surface area contributed by atoms with E-state index in [1.807, 2.05) is 12.1 Å². The van der Waals surface area contributed by atoms with E-state index in [0.717, 1.165) is 36.4 Å². The molecule has 5 atom stereocenters. The van der Waals surface area contributed by atoms with Crippen molar-refractivity contribution in [1.29, 1.82) is 0 Å². The van der Waals surface area contributed by atoms with Gasteiger partial charge in [-0.3, -0.25) is 0 Å². The molecule has 2 aliphatic carbocycles. The summed E-state index contributed by atoms with van der Waals surface area (Å²) in [6, 6.07) is 32.7. The lowest BCUT2D eigenvalue weighted by Gasteiger charge is -2.50. The maximum Gasteiger partial charge on any atom is 0.343 e. The predicted octanol–water partition coefficient (Wildman–Crippen LogP) is 7.80. The van der Waals surface area contributed by atoms with Crippen LogP contribution in [0.25, 0.3) is 0 Å². The molecule has 1 spiro atoms. The summed E-state index contributed by atoms with van der Waals surface area (Å²) < 4.78 is 46.4. The van der Waals surface area contributed by atoms with Gasteiger partial charge in [0.05, 0.1) is 32.1 Å². The highest BCUT2D eigenvalue weighted by Gasteiger charge is 2.54. The average molecular weight is 927 g/mol. The Kier molecular flexibility index (Phi) is 14.4. The van der Waals surface area contributed by atoms with Crippen LogP contribution in [0.1, 0.15) is 76.0 Å². The molecule has 10 nitrogen and oxygen atoms in total. The Hall–Kier alpha value is -4.27. The van der Waals surface area contributed by atoms with E-state index < -0.39 is 42.1 Å². The predicted molar refractivity (Wildman–Crippen MR) is 259 cm³/mol. The SMILES string of the molecule is C=CCCCN(C[C@@](O)(C(=O)OC)c1ccc2c(c1)N(C[C@@H]1CC[C@H]1[C@H](C=C)O[Si](c1ccccc1)(c1ccccc1)C(C)(C)C)C[C@@]1(CCCc3cc(Cl)ccc31)CO2)S(N)(=O)=O. The Balaban J connectivity index is 1.30. The number of aliphatic hydroxyl groups is 1. The van der Waals surface area contributed by atoms with Crippen LogP contribution in [0.4, 0.5) is 5.69 Å². The Morgan fingerprint density at radius 2 is 1.73 bits per heavy atom. The van der Waals surface area contributed by atoms with Crippen molar-refractivity contribution in [2.24, 2.45) is 17.0 Å². The van der Waals surface area contributed by atoms with Crippen molar-refractivity contribution >= 4 is 52.2 Å². The Bertz CT molecular complexity index is 2380. The quantitative estimate of drug-likeness (QED) is 0.0475. The molecule has 1 aliphatic heterocycles. The van der Waals surface area contributed by atoms with Crippen molar-refractivity contribution in [2.45, 2.75) is 87.9 Å². The van der Waals surface area contributed by atoms with E-state index >= 15 is 0 Å². The van der Waals surface area contributed by atoms with Crippen molar-refractivity contribution in [1.82, 2.24) is 4.31 Å². The molecule has 0 bridgehead atoms. The molecule has 4 aromatic carbocycles. The normalized spacial score (nSPS) is 21.3. The number of carbonyl (C=O) groups is 1. The Labute approximate surface area is 386 Å². The average Bonchev–Trinajstić information content (AvgIpc) is 3.42. The highest BCUT2D eigenvalue weighted by molar-refractivity contribution is 7.86. The van der Waals surface area contributed by atoms with Crippen LogP contribution in [0.15, 0.2) is 122 Å². The zero-order valence-corrected chi connectivity index (χ0v) is 40.3. The number of allylic oxidation sites excluding steroid dienone is 1. The van der Waals surface area contributed by atoms with E-state index in [1.54, 1.807) is 24.3 Å². The summed E-state index contributed by atoms with van der Waals surface area (Å²) in [5, 5.41) is 21.0. The highest BCUT2D eigenvalue weighted by atomic mass is 35.5. The van der Waals surface area contributed by atoms with Gasteiger partial charge in [0.15, 0.2) is 0 Å². The molecule has 0 unspecified atom stereocenters. The van der Waals surface area contributed by atoms with Crippen LogP contribution in [0.5, 0.6) is 5.75 Å². The van der Waals surface area contributed by atoms with Crippen LogP contribution in [0.2, 0.25) is 10.1 Å². The molecule has 0 amide bonds. The van der Waals surface area contributed by atoms with Gasteiger partial charge in [-0.15, -0.1) is 13.2 Å². The van der Waals surface area contributed by atoms with Crippen LogP contribution in [0, 0.1) is 11.8 Å². The fourth-order valence-corrected chi connectivity index (χ4v) is 16.2. The second-order valence-corrected chi connectivity index (χ2v) is 25.2. The fourth-order valence-electron chi connectivity index (χ4n) is 10.5. The second-order valence-electron chi connectivity index (χ2n) is 18.9. The van der Waals surface area contributed by atoms with Crippen molar-refractivity contribution < 1.29 is 32.2 Å². The van der Waals surface area contributed by atoms with Gasteiger partial charge >= 0.3 is 5.97 Å². The third kappa shape index (κ3) is 9.38. The minimum atomic E-state index is -4.33. The maximum absolute atomic E-state index is 13.7. The smallest absolute Gasteiger partial charge is 0.343 e. The third-order valence-corrected chi connectivity index (χ3v) is 20.2. The number of benzene rings is 4. The van der Waals surface area contributed by atoms with Crippen LogP contribution >= 0.6 is 11.6 Å². The van der Waals surface area contributed by atoms with E-state index in [1.165, 1.54) is 28.6 Å². The number of methoxy groups -OCH3 is 1. The molecule has 64 heavy (non-hydrogen) atoms. The van der Waals surface area contributed by atoms with Crippen LogP contribution in [-0.4, -0.2) is 78.1 Å². The van der Waals surface area contributed by atoms with Crippen LogP contribution in [-0.2, 0) is 41.6 Å². The molecule has 1 saturated carbocycles. The van der Waals surface area contributed by atoms with E-state index in [-0.39, 0.29) is 35.1 Å². The highest BCUT2D eigenvalue weighted by Crippen LogP contribution is 2.49. The van der Waals surface area contributed by atoms with Crippen molar-refractivity contribution in [3.05, 3.63) is 144 Å². The maximum atomic E-state index is 13.7. The van der Waals surface area contributed by atoms with E-state index in [2.05, 4.69) is 112 Å². The van der Waals surface area contributed by atoms with Gasteiger partial charge in [-0.05, 0) is 113 Å². The van der Waals surface area contributed by atoms with Crippen LogP contribution < -0.4 is 25.1 Å². The summed E-state index contributed by atoms with van der Waals surface area (Å²) in [7, 11) is -6.09. The number of nitrogens with zero attached hydrogens (tertiary/aromatic N) is 2. The number of rotatable bonds is 17. The van der Waals surface area contributed by atoms with Gasteiger partial charge in [-0.25, -0.2) is 9.93 Å². The minimum Gasteiger partial charge on any atom is -0.490 e. The molecule has 0 aromatic heterocycles. The molecule has 0 saturated heterocycles. The number of nitrogens with two attached hydrogens (primary N) is 1. The van der Waals surface area contributed by atoms with Crippen LogP contribution in [0.3, 0.4) is 0 Å². The number of esters is 1. The number of hydrogen-bond acceptors (Lipinski definition) is 8. The van der Waals surface area contributed by atoms with Gasteiger partial charge in [-0.1, -0.05) is 117 Å².